The quantitative estimate of drug-likeness (QED) is 0.179. The number of benzene rings is 1. The summed E-state index contributed by atoms with van der Waals surface area (Å²) in [7, 11) is 2.84. The van der Waals surface area contributed by atoms with Crippen LogP contribution in [-0.2, 0) is 24.0 Å². The lowest BCUT2D eigenvalue weighted by Gasteiger charge is -2.56. The molecular formula is C23H25N3O9. The highest BCUT2D eigenvalue weighted by atomic mass is 16.3. The Kier molecular flexibility index (Phi) is 5.66. The van der Waals surface area contributed by atoms with Crippen LogP contribution in [-0.4, -0.2) is 87.5 Å². The molecule has 3 aliphatic rings. The summed E-state index contributed by atoms with van der Waals surface area (Å²) in [6.07, 6.45) is -1.41. The molecule has 8 atom stereocenters. The molecule has 0 spiro atoms. The summed E-state index contributed by atoms with van der Waals surface area (Å²) >= 11 is 0. The number of ketones is 4. The van der Waals surface area contributed by atoms with Crippen LogP contribution in [0.3, 0.4) is 0 Å². The Bertz CT molecular complexity index is 1190. The Morgan fingerprint density at radius 2 is 1.80 bits per heavy atom. The van der Waals surface area contributed by atoms with Gasteiger partial charge in [0.1, 0.15) is 5.75 Å². The zero-order chi connectivity index (χ0) is 26.1. The van der Waals surface area contributed by atoms with Crippen molar-refractivity contribution in [3.05, 3.63) is 23.3 Å². The molecule has 3 aliphatic carbocycles. The van der Waals surface area contributed by atoms with Gasteiger partial charge in [0.15, 0.2) is 34.7 Å². The molecule has 0 heterocycles. The van der Waals surface area contributed by atoms with Crippen molar-refractivity contribution in [3.63, 3.8) is 0 Å². The summed E-state index contributed by atoms with van der Waals surface area (Å²) in [5.74, 6) is -14.1. The summed E-state index contributed by atoms with van der Waals surface area (Å²) in [4.78, 5) is 77.8. The third kappa shape index (κ3) is 3.03. The number of Topliss-reactive ketones (excluding diaryl/α,β-unsaturated/α-hetero) is 4. The van der Waals surface area contributed by atoms with Crippen LogP contribution < -0.4 is 11.1 Å². The van der Waals surface area contributed by atoms with Crippen LogP contribution in [0.15, 0.2) is 12.1 Å². The van der Waals surface area contributed by atoms with E-state index < -0.39 is 82.1 Å². The van der Waals surface area contributed by atoms with Crippen molar-refractivity contribution >= 4 is 41.1 Å². The molecule has 0 aromatic heterocycles. The maximum atomic E-state index is 13.8. The van der Waals surface area contributed by atoms with E-state index in [1.165, 1.54) is 31.1 Å². The van der Waals surface area contributed by atoms with Gasteiger partial charge in [0, 0.05) is 5.92 Å². The number of rotatable bonds is 4. The second kappa shape index (κ2) is 8.04. The van der Waals surface area contributed by atoms with E-state index in [0.29, 0.717) is 0 Å². The number of fused-ring (bicyclic) bond motifs is 3. The normalized spacial score (nSPS) is 36.3. The maximum Gasteiger partial charge on any atom is 0.235 e. The molecule has 0 saturated heterocycles. The van der Waals surface area contributed by atoms with E-state index in [2.05, 4.69) is 5.32 Å². The lowest BCUT2D eigenvalue weighted by Crippen LogP contribution is -2.77. The minimum absolute atomic E-state index is 0.0982. The number of anilines is 1. The van der Waals surface area contributed by atoms with Crippen LogP contribution in [0.2, 0.25) is 0 Å². The first-order chi connectivity index (χ1) is 16.3. The van der Waals surface area contributed by atoms with Gasteiger partial charge in [0.05, 0.1) is 35.2 Å². The van der Waals surface area contributed by atoms with Crippen LogP contribution in [0.4, 0.5) is 5.69 Å². The van der Waals surface area contributed by atoms with Crippen molar-refractivity contribution < 1.29 is 44.1 Å². The second-order valence-electron chi connectivity index (χ2n) is 9.55. The molecule has 0 radical (unpaired) electrons. The zero-order valence-electron chi connectivity index (χ0n) is 19.1. The van der Waals surface area contributed by atoms with Crippen molar-refractivity contribution in [2.24, 2.45) is 29.4 Å². The van der Waals surface area contributed by atoms with Crippen LogP contribution >= 0.6 is 0 Å². The van der Waals surface area contributed by atoms with E-state index in [4.69, 9.17) is 5.73 Å². The first-order valence-corrected chi connectivity index (χ1v) is 10.9. The molecule has 35 heavy (non-hydrogen) atoms. The van der Waals surface area contributed by atoms with Gasteiger partial charge in [-0.25, -0.2) is 0 Å². The average Bonchev–Trinajstić information content (AvgIpc) is 2.77. The number of aromatic hydroxyl groups is 1. The molecule has 1 aromatic carbocycles. The van der Waals surface area contributed by atoms with Gasteiger partial charge in [0.25, 0.3) is 0 Å². The molecule has 0 bridgehead atoms. The third-order valence-electron chi connectivity index (χ3n) is 7.70. The molecule has 12 heteroatoms. The molecule has 186 valence electrons. The van der Waals surface area contributed by atoms with Gasteiger partial charge in [-0.3, -0.25) is 33.7 Å². The second-order valence-corrected chi connectivity index (χ2v) is 9.55. The van der Waals surface area contributed by atoms with E-state index in [9.17, 15) is 44.1 Å². The Morgan fingerprint density at radius 1 is 1.17 bits per heavy atom. The number of hydrogen-bond acceptors (Lipinski definition) is 10. The molecule has 4 rings (SSSR count). The number of likely N-dealkylation sites (N-methyl/N-ethyl adjacent to an activating group) is 1. The van der Waals surface area contributed by atoms with Crippen LogP contribution in [0.1, 0.15) is 28.8 Å². The molecule has 2 unspecified atom stereocenters. The molecular weight excluding hydrogens is 462 g/mol. The van der Waals surface area contributed by atoms with Crippen LogP contribution in [0, 0.1) is 23.7 Å². The summed E-state index contributed by atoms with van der Waals surface area (Å²) < 4.78 is 0. The highest BCUT2D eigenvalue weighted by Gasteiger charge is 2.72. The fourth-order valence-electron chi connectivity index (χ4n) is 6.17. The highest BCUT2D eigenvalue weighted by Crippen LogP contribution is 2.54. The molecule has 2 fully saturated rings. The first-order valence-electron chi connectivity index (χ1n) is 10.9. The standard InChI is InChI=1S/C23H25N3O9/c1-7-8-4-5-9(25-6-27)16(28)11(8)17(29)12-10(7)18(30)14-15(26(2)3)19(31)13(22(24)34)21(33)23(14,35)20(12)32/h4-7,10,12-15,18,28,30,35H,1-3H3,(H2,24,34)(H,25,27)/t7-,10+,12?,13?,14+,15-,18-,23-/m1/s1. The van der Waals surface area contributed by atoms with E-state index in [1.807, 2.05) is 0 Å². The molecule has 0 aliphatic heterocycles. The van der Waals surface area contributed by atoms with E-state index in [-0.39, 0.29) is 23.2 Å². The average molecular weight is 487 g/mol. The van der Waals surface area contributed by atoms with Crippen molar-refractivity contribution in [3.8, 4) is 5.75 Å². The number of aliphatic hydroxyl groups is 2. The Hall–Kier alpha value is -3.48. The number of nitrogens with zero attached hydrogens (tertiary/aromatic N) is 1. The molecule has 2 saturated carbocycles. The largest absolute Gasteiger partial charge is 0.505 e. The summed E-state index contributed by atoms with van der Waals surface area (Å²) in [6.45, 7) is 1.60. The lowest BCUT2D eigenvalue weighted by molar-refractivity contribution is -0.196. The molecule has 2 amide bonds. The minimum atomic E-state index is -3.05. The molecule has 6 N–H and O–H groups in total. The number of carbonyl (C=O) groups excluding carboxylic acids is 6. The van der Waals surface area contributed by atoms with Gasteiger partial charge in [-0.15, -0.1) is 0 Å². The SMILES string of the molecule is C[C@@H]1c2ccc(NC=O)c(O)c2C(=O)C2C(=O)[C@@]3(O)C(=O)C(C(N)=O)C(=O)[C@H](N(C)C)[C@H]3[C@H](O)[C@H]21. The number of phenols is 1. The summed E-state index contributed by atoms with van der Waals surface area (Å²) in [5, 5.41) is 35.9. The number of carbonyl (C=O) groups is 6. The fourth-order valence-corrected chi connectivity index (χ4v) is 6.17. The third-order valence-corrected chi connectivity index (χ3v) is 7.70. The van der Waals surface area contributed by atoms with Gasteiger partial charge >= 0.3 is 0 Å². The Labute approximate surface area is 199 Å². The number of primary amides is 1. The number of nitrogens with one attached hydrogen (secondary N) is 1. The highest BCUT2D eigenvalue weighted by molar-refractivity contribution is 6.32. The van der Waals surface area contributed by atoms with Gasteiger partial charge < -0.3 is 26.4 Å². The monoisotopic (exact) mass is 487 g/mol. The van der Waals surface area contributed by atoms with E-state index in [0.717, 1.165) is 0 Å². The zero-order valence-corrected chi connectivity index (χ0v) is 19.1. The molecule has 12 nitrogen and oxygen atoms in total. The number of nitrogens with two attached hydrogens (primary N) is 1. The van der Waals surface area contributed by atoms with Gasteiger partial charge in [-0.1, -0.05) is 13.0 Å². The lowest BCUT2D eigenvalue weighted by atomic mass is 9.49. The van der Waals surface area contributed by atoms with E-state index >= 15 is 0 Å². The predicted molar refractivity (Wildman–Crippen MR) is 117 cm³/mol. The maximum absolute atomic E-state index is 13.8. The first kappa shape index (κ1) is 24.6. The topological polar surface area (TPSA) is 204 Å². The Morgan fingerprint density at radius 3 is 2.34 bits per heavy atom. The van der Waals surface area contributed by atoms with Crippen molar-refractivity contribution in [1.29, 1.82) is 0 Å². The number of aliphatic hydroxyl groups excluding tert-OH is 1. The predicted octanol–water partition coefficient (Wildman–Crippen LogP) is -2.03. The summed E-state index contributed by atoms with van der Waals surface area (Å²) in [5.41, 5.74) is 2.11. The number of hydrogen-bond donors (Lipinski definition) is 5. The van der Waals surface area contributed by atoms with Gasteiger partial charge in [-0.2, -0.15) is 0 Å². The van der Waals surface area contributed by atoms with Crippen molar-refractivity contribution in [2.75, 3.05) is 19.4 Å². The van der Waals surface area contributed by atoms with E-state index in [1.54, 1.807) is 6.92 Å². The van der Waals surface area contributed by atoms with Crippen molar-refractivity contribution in [2.45, 2.75) is 30.6 Å². The summed E-state index contributed by atoms with van der Waals surface area (Å²) in [6, 6.07) is 1.39. The fraction of sp³-hybridized carbons (Fsp3) is 0.478. The van der Waals surface area contributed by atoms with Crippen molar-refractivity contribution in [1.82, 2.24) is 4.90 Å². The number of amides is 2. The smallest absolute Gasteiger partial charge is 0.235 e. The van der Waals surface area contributed by atoms with Gasteiger partial charge in [-0.05, 0) is 31.6 Å². The number of phenolic OH excluding ortho intramolecular Hbond substituents is 1. The minimum Gasteiger partial charge on any atom is -0.505 e. The molecule has 1 aromatic rings. The Balaban J connectivity index is 1.95. The van der Waals surface area contributed by atoms with Crippen LogP contribution in [0.5, 0.6) is 5.75 Å². The van der Waals surface area contributed by atoms with Crippen LogP contribution in [0.25, 0.3) is 0 Å². The van der Waals surface area contributed by atoms with Gasteiger partial charge in [0.2, 0.25) is 12.3 Å².